The summed E-state index contributed by atoms with van der Waals surface area (Å²) < 4.78 is 1.14. The molecule has 0 saturated heterocycles. The number of hydrogen-bond acceptors (Lipinski definition) is 2. The molecule has 96 valence electrons. The van der Waals surface area contributed by atoms with Gasteiger partial charge < -0.3 is 10.2 Å². The van der Waals surface area contributed by atoms with E-state index in [-0.39, 0.29) is 0 Å². The topological polar surface area (TPSA) is 15.3 Å². The molecular weight excluding hydrogens is 276 g/mol. The first kappa shape index (κ1) is 14.7. The van der Waals surface area contributed by atoms with Crippen LogP contribution < -0.4 is 5.32 Å². The molecule has 0 saturated carbocycles. The lowest BCUT2D eigenvalue weighted by molar-refractivity contribution is 0.385. The van der Waals surface area contributed by atoms with Crippen LogP contribution in [0.1, 0.15) is 31.4 Å². The van der Waals surface area contributed by atoms with Crippen LogP contribution in [-0.2, 0) is 0 Å². The lowest BCUT2D eigenvalue weighted by Gasteiger charge is -2.18. The average Bonchev–Trinajstić information content (AvgIpc) is 2.30. The first-order chi connectivity index (χ1) is 8.13. The quantitative estimate of drug-likeness (QED) is 0.776. The van der Waals surface area contributed by atoms with Gasteiger partial charge in [-0.15, -0.1) is 0 Å². The molecule has 1 aromatic rings. The van der Waals surface area contributed by atoms with Crippen LogP contribution in [0.25, 0.3) is 0 Å². The fourth-order valence-corrected chi connectivity index (χ4v) is 2.13. The van der Waals surface area contributed by atoms with Gasteiger partial charge in [0.05, 0.1) is 0 Å². The van der Waals surface area contributed by atoms with E-state index in [1.54, 1.807) is 0 Å². The summed E-state index contributed by atoms with van der Waals surface area (Å²) in [6.45, 7) is 4.45. The van der Waals surface area contributed by atoms with Gasteiger partial charge in [0.1, 0.15) is 0 Å². The van der Waals surface area contributed by atoms with Crippen LogP contribution in [0.15, 0.2) is 28.7 Å². The van der Waals surface area contributed by atoms with Gasteiger partial charge in [0.2, 0.25) is 0 Å². The third kappa shape index (κ3) is 5.66. The molecule has 0 aromatic heterocycles. The van der Waals surface area contributed by atoms with E-state index in [1.807, 2.05) is 0 Å². The Morgan fingerprint density at radius 2 is 1.88 bits per heavy atom. The Hall–Kier alpha value is -0.380. The van der Waals surface area contributed by atoms with Crippen LogP contribution in [-0.4, -0.2) is 32.1 Å². The van der Waals surface area contributed by atoms with Crippen LogP contribution >= 0.6 is 15.9 Å². The van der Waals surface area contributed by atoms with E-state index < -0.39 is 0 Å². The van der Waals surface area contributed by atoms with E-state index in [1.165, 1.54) is 12.0 Å². The lowest BCUT2D eigenvalue weighted by Crippen LogP contribution is -2.25. The predicted molar refractivity (Wildman–Crippen MR) is 78.3 cm³/mol. The standard InChI is InChI=1S/C14H23BrN2/c1-4-14(16-10-5-11-17(2)3)12-6-8-13(15)9-7-12/h6-9,14,16H,4-5,10-11H2,1-3H3. The Morgan fingerprint density at radius 1 is 1.24 bits per heavy atom. The highest BCUT2D eigenvalue weighted by atomic mass is 79.9. The molecule has 3 heteroatoms. The van der Waals surface area contributed by atoms with E-state index in [0.29, 0.717) is 6.04 Å². The van der Waals surface area contributed by atoms with Crippen LogP contribution in [0.5, 0.6) is 0 Å². The zero-order valence-corrected chi connectivity index (χ0v) is 12.6. The van der Waals surface area contributed by atoms with Gasteiger partial charge in [0.15, 0.2) is 0 Å². The van der Waals surface area contributed by atoms with Gasteiger partial charge in [-0.25, -0.2) is 0 Å². The first-order valence-electron chi connectivity index (χ1n) is 6.27. The van der Waals surface area contributed by atoms with Crippen molar-refractivity contribution in [1.82, 2.24) is 10.2 Å². The zero-order valence-electron chi connectivity index (χ0n) is 11.0. The highest BCUT2D eigenvalue weighted by molar-refractivity contribution is 9.10. The summed E-state index contributed by atoms with van der Waals surface area (Å²) in [6.07, 6.45) is 2.32. The number of rotatable bonds is 7. The Morgan fingerprint density at radius 3 is 2.41 bits per heavy atom. The number of nitrogens with one attached hydrogen (secondary N) is 1. The smallest absolute Gasteiger partial charge is 0.0317 e. The van der Waals surface area contributed by atoms with Crippen LogP contribution in [0.3, 0.4) is 0 Å². The Kier molecular flexibility index (Phi) is 6.78. The molecule has 0 radical (unpaired) electrons. The molecule has 1 unspecified atom stereocenters. The molecular formula is C14H23BrN2. The normalized spacial score (nSPS) is 13.0. The molecule has 1 rings (SSSR count). The third-order valence-electron chi connectivity index (χ3n) is 2.85. The average molecular weight is 299 g/mol. The van der Waals surface area contributed by atoms with Crippen molar-refractivity contribution < 1.29 is 0 Å². The van der Waals surface area contributed by atoms with Crippen LogP contribution in [0.4, 0.5) is 0 Å². The van der Waals surface area contributed by atoms with Crippen molar-refractivity contribution in [1.29, 1.82) is 0 Å². The van der Waals surface area contributed by atoms with E-state index in [9.17, 15) is 0 Å². The van der Waals surface area contributed by atoms with Gasteiger partial charge in [-0.2, -0.15) is 0 Å². The molecule has 1 atom stereocenters. The minimum atomic E-state index is 0.477. The van der Waals surface area contributed by atoms with Crippen molar-refractivity contribution in [2.75, 3.05) is 27.2 Å². The Balaban J connectivity index is 2.40. The minimum Gasteiger partial charge on any atom is -0.310 e. The molecule has 1 aromatic carbocycles. The van der Waals surface area contributed by atoms with Crippen molar-refractivity contribution in [3.05, 3.63) is 34.3 Å². The summed E-state index contributed by atoms with van der Waals surface area (Å²) in [6, 6.07) is 9.08. The molecule has 0 heterocycles. The summed E-state index contributed by atoms with van der Waals surface area (Å²) in [7, 11) is 4.23. The molecule has 17 heavy (non-hydrogen) atoms. The maximum atomic E-state index is 3.62. The molecule has 0 spiro atoms. The van der Waals surface area contributed by atoms with Crippen LogP contribution in [0.2, 0.25) is 0 Å². The minimum absolute atomic E-state index is 0.477. The molecule has 0 aliphatic heterocycles. The van der Waals surface area contributed by atoms with Gasteiger partial charge in [0.25, 0.3) is 0 Å². The molecule has 0 aliphatic rings. The highest BCUT2D eigenvalue weighted by Crippen LogP contribution is 2.19. The fourth-order valence-electron chi connectivity index (χ4n) is 1.86. The first-order valence-corrected chi connectivity index (χ1v) is 7.06. The monoisotopic (exact) mass is 298 g/mol. The maximum Gasteiger partial charge on any atom is 0.0317 e. The lowest BCUT2D eigenvalue weighted by atomic mass is 10.0. The predicted octanol–water partition coefficient (Wildman–Crippen LogP) is 3.44. The fraction of sp³-hybridized carbons (Fsp3) is 0.571. The second-order valence-corrected chi connectivity index (χ2v) is 5.54. The van der Waals surface area contributed by atoms with Crippen molar-refractivity contribution in [3.8, 4) is 0 Å². The molecule has 0 fully saturated rings. The maximum absolute atomic E-state index is 3.62. The molecule has 0 bridgehead atoms. The van der Waals surface area contributed by atoms with Gasteiger partial charge in [0, 0.05) is 10.5 Å². The second-order valence-electron chi connectivity index (χ2n) is 4.62. The summed E-state index contributed by atoms with van der Waals surface area (Å²) in [5, 5.41) is 3.62. The van der Waals surface area contributed by atoms with Gasteiger partial charge in [-0.1, -0.05) is 35.0 Å². The zero-order chi connectivity index (χ0) is 12.7. The van der Waals surface area contributed by atoms with Crippen molar-refractivity contribution >= 4 is 15.9 Å². The summed E-state index contributed by atoms with van der Waals surface area (Å²) in [4.78, 5) is 2.22. The van der Waals surface area contributed by atoms with Crippen LogP contribution in [0, 0.1) is 0 Å². The summed E-state index contributed by atoms with van der Waals surface area (Å²) >= 11 is 3.47. The van der Waals surface area contributed by atoms with E-state index in [2.05, 4.69) is 71.4 Å². The molecule has 2 nitrogen and oxygen atoms in total. The third-order valence-corrected chi connectivity index (χ3v) is 3.38. The Labute approximate surface area is 114 Å². The van der Waals surface area contributed by atoms with Crippen molar-refractivity contribution in [2.45, 2.75) is 25.8 Å². The number of halogens is 1. The summed E-state index contributed by atoms with van der Waals surface area (Å²) in [5.74, 6) is 0. The SMILES string of the molecule is CCC(NCCCN(C)C)c1ccc(Br)cc1. The largest absolute Gasteiger partial charge is 0.310 e. The van der Waals surface area contributed by atoms with Crippen molar-refractivity contribution in [3.63, 3.8) is 0 Å². The van der Waals surface area contributed by atoms with Gasteiger partial charge in [-0.05, 0) is 57.7 Å². The summed E-state index contributed by atoms with van der Waals surface area (Å²) in [5.41, 5.74) is 1.38. The van der Waals surface area contributed by atoms with Crippen molar-refractivity contribution in [2.24, 2.45) is 0 Å². The molecule has 1 N–H and O–H groups in total. The Bertz CT molecular complexity index is 309. The van der Waals surface area contributed by atoms with E-state index in [4.69, 9.17) is 0 Å². The van der Waals surface area contributed by atoms with E-state index >= 15 is 0 Å². The molecule has 0 amide bonds. The highest BCUT2D eigenvalue weighted by Gasteiger charge is 2.07. The number of benzene rings is 1. The van der Waals surface area contributed by atoms with E-state index in [0.717, 1.165) is 24.0 Å². The number of hydrogen-bond donors (Lipinski definition) is 1. The van der Waals surface area contributed by atoms with Gasteiger partial charge >= 0.3 is 0 Å². The van der Waals surface area contributed by atoms with Gasteiger partial charge in [-0.3, -0.25) is 0 Å². The molecule has 0 aliphatic carbocycles. The second kappa shape index (κ2) is 7.85. The number of nitrogens with zero attached hydrogens (tertiary/aromatic N) is 1.